The van der Waals surface area contributed by atoms with Crippen molar-refractivity contribution in [1.29, 1.82) is 0 Å². The van der Waals surface area contributed by atoms with Crippen molar-refractivity contribution in [3.8, 4) is 0 Å². The van der Waals surface area contributed by atoms with Gasteiger partial charge in [-0.3, -0.25) is 19.5 Å². The van der Waals surface area contributed by atoms with Gasteiger partial charge in [-0.1, -0.05) is 30.5 Å². The number of carbonyl (C=O) groups excluding carboxylic acids is 2. The highest BCUT2D eigenvalue weighted by Gasteiger charge is 2.27. The Hall–Kier alpha value is -2.96. The van der Waals surface area contributed by atoms with Crippen molar-refractivity contribution in [1.82, 2.24) is 15.2 Å². The highest BCUT2D eigenvalue weighted by Crippen LogP contribution is 2.26. The van der Waals surface area contributed by atoms with Crippen molar-refractivity contribution >= 4 is 40.0 Å². The number of likely N-dealkylation sites (tertiary alicyclic amines) is 1. The summed E-state index contributed by atoms with van der Waals surface area (Å²) in [5, 5.41) is 7.85. The molecule has 1 aromatic heterocycles. The number of nitrogens with one attached hydrogen (secondary N) is 2. The monoisotopic (exact) mass is 490 g/mol. The first-order valence-electron chi connectivity index (χ1n) is 12.5. The van der Waals surface area contributed by atoms with E-state index in [0.717, 1.165) is 55.2 Å². The topological polar surface area (TPSA) is 74.3 Å². The van der Waals surface area contributed by atoms with Crippen LogP contribution in [0.3, 0.4) is 0 Å². The third-order valence-electron chi connectivity index (χ3n) is 7.22. The zero-order chi connectivity index (χ0) is 24.2. The van der Waals surface area contributed by atoms with Gasteiger partial charge in [0.2, 0.25) is 5.91 Å². The Labute approximate surface area is 211 Å². The minimum Gasteiger partial charge on any atom is -0.353 e. The molecule has 0 radical (unpaired) electrons. The average Bonchev–Trinajstić information content (AvgIpc) is 3.39. The van der Waals surface area contributed by atoms with Gasteiger partial charge in [0.15, 0.2) is 0 Å². The Morgan fingerprint density at radius 2 is 1.80 bits per heavy atom. The zero-order valence-corrected chi connectivity index (χ0v) is 20.6. The minimum absolute atomic E-state index is 0.102. The molecule has 6 nitrogen and oxygen atoms in total. The van der Waals surface area contributed by atoms with Crippen LogP contribution in [0.1, 0.15) is 54.4 Å². The Bertz CT molecular complexity index is 1220. The Balaban J connectivity index is 1.18. The van der Waals surface area contributed by atoms with Gasteiger partial charge in [0.1, 0.15) is 0 Å². The molecule has 35 heavy (non-hydrogen) atoms. The van der Waals surface area contributed by atoms with E-state index >= 15 is 0 Å². The Morgan fingerprint density at radius 3 is 2.60 bits per heavy atom. The third-order valence-corrected chi connectivity index (χ3v) is 7.59. The lowest BCUT2D eigenvalue weighted by molar-refractivity contribution is -0.127. The van der Waals surface area contributed by atoms with E-state index in [1.807, 2.05) is 42.5 Å². The van der Waals surface area contributed by atoms with E-state index in [9.17, 15) is 9.59 Å². The van der Waals surface area contributed by atoms with Gasteiger partial charge in [0.25, 0.3) is 5.91 Å². The highest BCUT2D eigenvalue weighted by molar-refractivity contribution is 6.31. The number of anilines is 1. The molecule has 2 amide bonds. The van der Waals surface area contributed by atoms with Gasteiger partial charge >= 0.3 is 0 Å². The first-order valence-corrected chi connectivity index (χ1v) is 12.9. The van der Waals surface area contributed by atoms with Gasteiger partial charge < -0.3 is 10.6 Å². The molecule has 3 aromatic rings. The molecule has 1 aliphatic heterocycles. The van der Waals surface area contributed by atoms with Crippen molar-refractivity contribution in [2.75, 3.05) is 18.4 Å². The second kappa shape index (κ2) is 10.8. The molecule has 2 N–H and O–H groups in total. The van der Waals surface area contributed by atoms with E-state index < -0.39 is 0 Å². The van der Waals surface area contributed by atoms with Gasteiger partial charge in [-0.15, -0.1) is 0 Å². The van der Waals surface area contributed by atoms with Crippen LogP contribution in [-0.4, -0.2) is 40.8 Å². The first-order chi connectivity index (χ1) is 17.0. The molecular formula is C28H31ClN4O2. The number of carbonyl (C=O) groups is 2. The van der Waals surface area contributed by atoms with Crippen LogP contribution < -0.4 is 10.6 Å². The van der Waals surface area contributed by atoms with Crippen LogP contribution in [0.4, 0.5) is 5.69 Å². The molecule has 7 heteroatoms. The molecule has 0 unspecified atom stereocenters. The quantitative estimate of drug-likeness (QED) is 0.484. The van der Waals surface area contributed by atoms with E-state index in [2.05, 4.69) is 20.5 Å². The molecule has 182 valence electrons. The summed E-state index contributed by atoms with van der Waals surface area (Å²) in [5.74, 6) is 0.159. The number of aromatic nitrogens is 1. The number of amides is 2. The molecule has 0 bridgehead atoms. The predicted molar refractivity (Wildman–Crippen MR) is 140 cm³/mol. The molecular weight excluding hydrogens is 460 g/mol. The van der Waals surface area contributed by atoms with Crippen molar-refractivity contribution in [3.63, 3.8) is 0 Å². The summed E-state index contributed by atoms with van der Waals surface area (Å²) in [5.41, 5.74) is 3.13. The van der Waals surface area contributed by atoms with Crippen LogP contribution >= 0.6 is 11.6 Å². The zero-order valence-electron chi connectivity index (χ0n) is 19.8. The summed E-state index contributed by atoms with van der Waals surface area (Å²) >= 11 is 6.50. The first kappa shape index (κ1) is 23.8. The normalized spacial score (nSPS) is 17.5. The van der Waals surface area contributed by atoms with Crippen LogP contribution in [-0.2, 0) is 11.3 Å². The second-order valence-electron chi connectivity index (χ2n) is 9.71. The Kier molecular flexibility index (Phi) is 7.30. The Morgan fingerprint density at radius 1 is 1.00 bits per heavy atom. The lowest BCUT2D eigenvalue weighted by Gasteiger charge is -2.32. The lowest BCUT2D eigenvalue weighted by Crippen LogP contribution is -2.43. The summed E-state index contributed by atoms with van der Waals surface area (Å²) in [6, 6.07) is 15.3. The fraction of sp³-hybridized carbons (Fsp3) is 0.393. The average molecular weight is 491 g/mol. The third kappa shape index (κ3) is 5.82. The number of nitrogens with zero attached hydrogens (tertiary/aromatic N) is 2. The van der Waals surface area contributed by atoms with Crippen LogP contribution in [0.25, 0.3) is 10.9 Å². The summed E-state index contributed by atoms with van der Waals surface area (Å²) in [6.07, 6.45) is 8.16. The lowest BCUT2D eigenvalue weighted by atomic mass is 9.95. The molecule has 1 aliphatic carbocycles. The van der Waals surface area contributed by atoms with Crippen LogP contribution in [0.5, 0.6) is 0 Å². The number of hydrogen-bond acceptors (Lipinski definition) is 4. The number of halogens is 1. The summed E-state index contributed by atoms with van der Waals surface area (Å²) in [4.78, 5) is 32.1. The van der Waals surface area contributed by atoms with Crippen molar-refractivity contribution < 1.29 is 9.59 Å². The van der Waals surface area contributed by atoms with Crippen LogP contribution in [0.15, 0.2) is 54.7 Å². The van der Waals surface area contributed by atoms with Gasteiger partial charge in [-0.25, -0.2) is 0 Å². The van der Waals surface area contributed by atoms with Gasteiger partial charge in [-0.2, -0.15) is 0 Å². The van der Waals surface area contributed by atoms with Crippen LogP contribution in [0.2, 0.25) is 5.02 Å². The maximum atomic E-state index is 12.9. The fourth-order valence-electron chi connectivity index (χ4n) is 5.18. The smallest absolute Gasteiger partial charge is 0.255 e. The molecule has 5 rings (SSSR count). The summed E-state index contributed by atoms with van der Waals surface area (Å²) < 4.78 is 0. The molecule has 2 aromatic carbocycles. The maximum Gasteiger partial charge on any atom is 0.255 e. The molecule has 2 fully saturated rings. The van der Waals surface area contributed by atoms with E-state index in [0.29, 0.717) is 28.9 Å². The molecule has 2 aliphatic rings. The van der Waals surface area contributed by atoms with Crippen molar-refractivity contribution in [2.24, 2.45) is 5.92 Å². The predicted octanol–water partition coefficient (Wildman–Crippen LogP) is 5.41. The number of fused-ring (bicyclic) bond motifs is 1. The molecule has 0 spiro atoms. The van der Waals surface area contributed by atoms with Gasteiger partial charge in [0.05, 0.1) is 5.52 Å². The highest BCUT2D eigenvalue weighted by atomic mass is 35.5. The number of piperidine rings is 1. The molecule has 0 atom stereocenters. The number of rotatable bonds is 6. The summed E-state index contributed by atoms with van der Waals surface area (Å²) in [6.45, 7) is 2.42. The van der Waals surface area contributed by atoms with Gasteiger partial charge in [-0.05, 0) is 86.8 Å². The number of hydrogen-bond donors (Lipinski definition) is 2. The number of benzene rings is 2. The minimum atomic E-state index is -0.168. The van der Waals surface area contributed by atoms with E-state index in [-0.39, 0.29) is 17.7 Å². The maximum absolute atomic E-state index is 12.9. The standard InChI is InChI=1S/C28H31ClN4O2/c29-25-9-8-24(32-28(35)21-7-10-26-20(16-21)4-3-13-30-26)17-22(25)18-33-14-11-19(12-15-33)27(34)31-23-5-1-2-6-23/h3-4,7-10,13,16-17,19,23H,1-2,5-6,11-12,14-15,18H2,(H,31,34)(H,32,35). The SMILES string of the molecule is O=C(Nc1ccc(Cl)c(CN2CCC(C(=O)NC3CCCC3)CC2)c1)c1ccc2ncccc2c1. The van der Waals surface area contributed by atoms with Crippen molar-refractivity contribution in [2.45, 2.75) is 51.1 Å². The van der Waals surface area contributed by atoms with E-state index in [4.69, 9.17) is 11.6 Å². The number of pyridine rings is 1. The second-order valence-corrected chi connectivity index (χ2v) is 10.1. The van der Waals surface area contributed by atoms with E-state index in [1.54, 1.807) is 12.3 Å². The van der Waals surface area contributed by atoms with Crippen molar-refractivity contribution in [3.05, 3.63) is 70.9 Å². The van der Waals surface area contributed by atoms with Gasteiger partial charge in [0, 0.05) is 46.4 Å². The molecule has 1 saturated heterocycles. The van der Waals surface area contributed by atoms with E-state index in [1.165, 1.54) is 12.8 Å². The molecule has 1 saturated carbocycles. The largest absolute Gasteiger partial charge is 0.353 e. The molecule has 2 heterocycles. The van der Waals surface area contributed by atoms with Crippen LogP contribution in [0, 0.1) is 5.92 Å². The summed E-state index contributed by atoms with van der Waals surface area (Å²) in [7, 11) is 0. The fourth-order valence-corrected chi connectivity index (χ4v) is 5.35.